The summed E-state index contributed by atoms with van der Waals surface area (Å²) in [5.41, 5.74) is 5.65. The summed E-state index contributed by atoms with van der Waals surface area (Å²) in [4.78, 5) is 14.3. The second-order valence-electron chi connectivity index (χ2n) is 6.66. The van der Waals surface area contributed by atoms with Crippen LogP contribution in [0.5, 0.6) is 0 Å². The van der Waals surface area contributed by atoms with Gasteiger partial charge < -0.3 is 0 Å². The number of aromatic nitrogens is 2. The molecule has 0 bridgehead atoms. The smallest absolute Gasteiger partial charge is 0.175 e. The predicted octanol–water partition coefficient (Wildman–Crippen LogP) is 3.86. The molecule has 0 amide bonds. The maximum absolute atomic E-state index is 11.7. The number of nitrogens with zero attached hydrogens (tertiary/aromatic N) is 3. The average Bonchev–Trinajstić information content (AvgIpc) is 3.14. The van der Waals surface area contributed by atoms with Crippen LogP contribution in [0.2, 0.25) is 0 Å². The maximum atomic E-state index is 11.7. The number of sulfone groups is 1. The molecule has 1 aliphatic heterocycles. The molecule has 0 fully saturated rings. The predicted molar refractivity (Wildman–Crippen MR) is 106 cm³/mol. The maximum Gasteiger partial charge on any atom is 0.175 e. The van der Waals surface area contributed by atoms with Gasteiger partial charge in [-0.05, 0) is 41.5 Å². The number of pyridine rings is 2. The van der Waals surface area contributed by atoms with Crippen LogP contribution in [0.15, 0.2) is 70.8 Å². The van der Waals surface area contributed by atoms with Crippen molar-refractivity contribution in [1.82, 2.24) is 9.97 Å². The van der Waals surface area contributed by atoms with Crippen LogP contribution < -0.4 is 0 Å². The van der Waals surface area contributed by atoms with E-state index in [1.54, 1.807) is 24.5 Å². The van der Waals surface area contributed by atoms with Crippen molar-refractivity contribution in [1.29, 1.82) is 0 Å². The van der Waals surface area contributed by atoms with Crippen molar-refractivity contribution in [3.05, 3.63) is 72.1 Å². The van der Waals surface area contributed by atoms with Gasteiger partial charge in [-0.3, -0.25) is 15.0 Å². The fourth-order valence-corrected chi connectivity index (χ4v) is 4.25. The van der Waals surface area contributed by atoms with Gasteiger partial charge in [0, 0.05) is 35.8 Å². The summed E-state index contributed by atoms with van der Waals surface area (Å²) >= 11 is 0. The third-order valence-corrected chi connectivity index (χ3v) is 6.04. The standard InChI is InChI=1S/C21H15N3O2S/c1-27(25,26)14-8-6-13(7-9-14)18-12-17-15-4-2-10-22-20(15)21-16(19(17)24-18)5-3-11-23-21/h2-11H,12H2,1H3. The van der Waals surface area contributed by atoms with Crippen LogP contribution in [0.1, 0.15) is 11.1 Å². The number of aliphatic imine (C=N–C) groups is 1. The summed E-state index contributed by atoms with van der Waals surface area (Å²) in [7, 11) is -3.21. The van der Waals surface area contributed by atoms with E-state index >= 15 is 0 Å². The molecule has 4 aromatic rings. The molecule has 5 nitrogen and oxygen atoms in total. The molecule has 132 valence electrons. The third-order valence-electron chi connectivity index (χ3n) is 4.91. The van der Waals surface area contributed by atoms with E-state index in [-0.39, 0.29) is 0 Å². The molecule has 2 aromatic heterocycles. The van der Waals surface area contributed by atoms with Crippen LogP contribution >= 0.6 is 0 Å². The molecule has 0 unspecified atom stereocenters. The first-order chi connectivity index (χ1) is 13.0. The molecule has 0 radical (unpaired) electrons. The number of fused-ring (bicyclic) bond motifs is 6. The van der Waals surface area contributed by atoms with Crippen molar-refractivity contribution in [2.75, 3.05) is 6.26 Å². The lowest BCUT2D eigenvalue weighted by Crippen LogP contribution is -2.02. The number of rotatable bonds is 2. The highest BCUT2D eigenvalue weighted by atomic mass is 32.2. The Kier molecular flexibility index (Phi) is 3.39. The van der Waals surface area contributed by atoms with E-state index in [0.29, 0.717) is 11.3 Å². The first kappa shape index (κ1) is 16.1. The Balaban J connectivity index is 1.70. The lowest BCUT2D eigenvalue weighted by atomic mass is 9.98. The fourth-order valence-electron chi connectivity index (χ4n) is 3.62. The van der Waals surface area contributed by atoms with E-state index in [0.717, 1.165) is 44.3 Å². The van der Waals surface area contributed by atoms with Crippen LogP contribution in [-0.4, -0.2) is 30.4 Å². The van der Waals surface area contributed by atoms with E-state index in [9.17, 15) is 8.42 Å². The van der Waals surface area contributed by atoms with Gasteiger partial charge in [0.15, 0.2) is 9.84 Å². The third kappa shape index (κ3) is 2.52. The molecule has 0 atom stereocenters. The van der Waals surface area contributed by atoms with E-state index in [4.69, 9.17) is 4.99 Å². The molecule has 1 aliphatic rings. The van der Waals surface area contributed by atoms with Crippen LogP contribution in [-0.2, 0) is 16.3 Å². The molecule has 0 aliphatic carbocycles. The van der Waals surface area contributed by atoms with Crippen LogP contribution in [0.4, 0.5) is 5.69 Å². The number of hydrogen-bond acceptors (Lipinski definition) is 5. The highest BCUT2D eigenvalue weighted by Gasteiger charge is 2.23. The van der Waals surface area contributed by atoms with Gasteiger partial charge in [-0.25, -0.2) is 8.42 Å². The second-order valence-corrected chi connectivity index (χ2v) is 8.67. The molecule has 0 saturated heterocycles. The summed E-state index contributed by atoms with van der Waals surface area (Å²) in [5, 5.41) is 2.05. The lowest BCUT2D eigenvalue weighted by Gasteiger charge is -2.08. The average molecular weight is 373 g/mol. The molecule has 5 rings (SSSR count). The van der Waals surface area contributed by atoms with Gasteiger partial charge in [0.05, 0.1) is 27.3 Å². The zero-order chi connectivity index (χ0) is 18.6. The molecule has 0 N–H and O–H groups in total. The Morgan fingerprint density at radius 2 is 1.48 bits per heavy atom. The Hall–Kier alpha value is -3.12. The number of hydrogen-bond donors (Lipinski definition) is 0. The monoisotopic (exact) mass is 373 g/mol. The Labute approximate surface area is 156 Å². The van der Waals surface area contributed by atoms with Crippen LogP contribution in [0.3, 0.4) is 0 Å². The Morgan fingerprint density at radius 1 is 0.852 bits per heavy atom. The first-order valence-electron chi connectivity index (χ1n) is 8.55. The summed E-state index contributed by atoms with van der Waals surface area (Å²) in [6.45, 7) is 0. The highest BCUT2D eigenvalue weighted by molar-refractivity contribution is 7.90. The Morgan fingerprint density at radius 3 is 2.15 bits per heavy atom. The zero-order valence-corrected chi connectivity index (χ0v) is 15.4. The van der Waals surface area contributed by atoms with Gasteiger partial charge in [-0.1, -0.05) is 18.2 Å². The minimum atomic E-state index is -3.21. The topological polar surface area (TPSA) is 72.3 Å². The quantitative estimate of drug-likeness (QED) is 0.500. The van der Waals surface area contributed by atoms with Crippen molar-refractivity contribution < 1.29 is 8.42 Å². The zero-order valence-electron chi connectivity index (χ0n) is 14.5. The molecule has 2 aromatic carbocycles. The van der Waals surface area contributed by atoms with Crippen molar-refractivity contribution in [2.45, 2.75) is 11.3 Å². The van der Waals surface area contributed by atoms with Crippen molar-refractivity contribution >= 4 is 43.0 Å². The normalized spacial score (nSPS) is 13.7. The van der Waals surface area contributed by atoms with Gasteiger partial charge in [-0.2, -0.15) is 0 Å². The van der Waals surface area contributed by atoms with Gasteiger partial charge in [0.25, 0.3) is 0 Å². The number of benzene rings is 2. The minimum Gasteiger partial charge on any atom is -0.254 e. The van der Waals surface area contributed by atoms with Gasteiger partial charge in [0.2, 0.25) is 0 Å². The fraction of sp³-hybridized carbons (Fsp3) is 0.0952. The van der Waals surface area contributed by atoms with Gasteiger partial charge in [-0.15, -0.1) is 0 Å². The molecule has 3 heterocycles. The highest BCUT2D eigenvalue weighted by Crippen LogP contribution is 2.40. The summed E-state index contributed by atoms with van der Waals surface area (Å²) in [6.07, 6.45) is 5.44. The first-order valence-corrected chi connectivity index (χ1v) is 10.4. The van der Waals surface area contributed by atoms with Gasteiger partial charge >= 0.3 is 0 Å². The summed E-state index contributed by atoms with van der Waals surface area (Å²) < 4.78 is 23.4. The van der Waals surface area contributed by atoms with Crippen molar-refractivity contribution in [3.8, 4) is 0 Å². The summed E-state index contributed by atoms with van der Waals surface area (Å²) in [6, 6.07) is 14.8. The molecule has 27 heavy (non-hydrogen) atoms. The molecule has 0 spiro atoms. The van der Waals surface area contributed by atoms with Crippen molar-refractivity contribution in [3.63, 3.8) is 0 Å². The SMILES string of the molecule is CS(=O)(=O)c1ccc(C2=Nc3c(c4cccnc4c4ncccc34)C2)cc1. The van der Waals surface area contributed by atoms with E-state index in [2.05, 4.69) is 16.0 Å². The largest absolute Gasteiger partial charge is 0.254 e. The van der Waals surface area contributed by atoms with E-state index < -0.39 is 9.84 Å². The molecule has 0 saturated carbocycles. The van der Waals surface area contributed by atoms with E-state index in [1.807, 2.05) is 30.3 Å². The van der Waals surface area contributed by atoms with Gasteiger partial charge in [0.1, 0.15) is 0 Å². The lowest BCUT2D eigenvalue weighted by molar-refractivity contribution is 0.602. The molecular formula is C21H15N3O2S. The minimum absolute atomic E-state index is 0.312. The molecular weight excluding hydrogens is 358 g/mol. The van der Waals surface area contributed by atoms with Crippen LogP contribution in [0, 0.1) is 0 Å². The van der Waals surface area contributed by atoms with Crippen molar-refractivity contribution in [2.24, 2.45) is 4.99 Å². The Bertz CT molecular complexity index is 1360. The second kappa shape index (κ2) is 5.69. The molecule has 6 heteroatoms. The van der Waals surface area contributed by atoms with Crippen LogP contribution in [0.25, 0.3) is 21.8 Å². The van der Waals surface area contributed by atoms with E-state index in [1.165, 1.54) is 6.26 Å². The summed E-state index contributed by atoms with van der Waals surface area (Å²) in [5.74, 6) is 0.